The molecule has 0 saturated carbocycles. The van der Waals surface area contributed by atoms with Crippen molar-refractivity contribution in [3.05, 3.63) is 83.4 Å². The molecule has 0 saturated heterocycles. The molecule has 172 valence electrons. The first-order valence-electron chi connectivity index (χ1n) is 10.1. The van der Waals surface area contributed by atoms with E-state index in [0.29, 0.717) is 22.7 Å². The molecule has 0 spiro atoms. The molecule has 0 aliphatic carbocycles. The maximum atomic E-state index is 12.8. The quantitative estimate of drug-likeness (QED) is 0.468. The fourth-order valence-electron chi connectivity index (χ4n) is 3.13. The summed E-state index contributed by atoms with van der Waals surface area (Å²) in [5.41, 5.74) is 2.69. The molecule has 0 aromatic heterocycles. The normalized spacial score (nSPS) is 10.9. The molecule has 3 N–H and O–H groups in total. The SMILES string of the molecule is COc1ccc(NS(=O)(=O)c2ccc(C)c(C(=O)NCc3cccc(NC(C)=O)c3)c2)cc1. The standard InChI is InChI=1S/C24H25N3O5S/c1-16-7-12-22(33(30,31)27-19-8-10-21(32-3)11-9-19)14-23(16)24(29)25-15-18-5-4-6-20(13-18)26-17(2)28/h4-14,27H,15H2,1-3H3,(H,25,29)(H,26,28). The van der Waals surface area contributed by atoms with E-state index in [2.05, 4.69) is 15.4 Å². The number of rotatable bonds is 8. The summed E-state index contributed by atoms with van der Waals surface area (Å²) in [6, 6.07) is 18.0. The second-order valence-electron chi connectivity index (χ2n) is 7.37. The molecule has 0 aliphatic heterocycles. The summed E-state index contributed by atoms with van der Waals surface area (Å²) in [6.07, 6.45) is 0. The van der Waals surface area contributed by atoms with Gasteiger partial charge >= 0.3 is 0 Å². The van der Waals surface area contributed by atoms with Crippen LogP contribution in [0, 0.1) is 6.92 Å². The van der Waals surface area contributed by atoms with Crippen LogP contribution in [-0.4, -0.2) is 27.3 Å². The van der Waals surface area contributed by atoms with E-state index in [1.165, 1.54) is 26.2 Å². The zero-order valence-corrected chi connectivity index (χ0v) is 19.3. The molecule has 9 heteroatoms. The van der Waals surface area contributed by atoms with Crippen molar-refractivity contribution in [2.75, 3.05) is 17.1 Å². The number of carbonyl (C=O) groups excluding carboxylic acids is 2. The summed E-state index contributed by atoms with van der Waals surface area (Å²) >= 11 is 0. The third-order valence-electron chi connectivity index (χ3n) is 4.81. The Morgan fingerprint density at radius 3 is 2.33 bits per heavy atom. The zero-order chi connectivity index (χ0) is 24.0. The Bertz CT molecular complexity index is 1270. The predicted octanol–water partition coefficient (Wildman–Crippen LogP) is 3.69. The number of benzene rings is 3. The van der Waals surface area contributed by atoms with Gasteiger partial charge in [0.1, 0.15) is 5.75 Å². The molecule has 3 rings (SSSR count). The van der Waals surface area contributed by atoms with E-state index >= 15 is 0 Å². The molecule has 0 unspecified atom stereocenters. The summed E-state index contributed by atoms with van der Waals surface area (Å²) < 4.78 is 33.3. The largest absolute Gasteiger partial charge is 0.497 e. The van der Waals surface area contributed by atoms with Gasteiger partial charge in [0, 0.05) is 30.4 Å². The number of anilines is 2. The van der Waals surface area contributed by atoms with Crippen LogP contribution >= 0.6 is 0 Å². The van der Waals surface area contributed by atoms with Crippen LogP contribution in [0.3, 0.4) is 0 Å². The number of methoxy groups -OCH3 is 1. The van der Waals surface area contributed by atoms with Crippen molar-refractivity contribution in [3.8, 4) is 5.75 Å². The van der Waals surface area contributed by atoms with Gasteiger partial charge in [0.2, 0.25) is 5.91 Å². The Morgan fingerprint density at radius 2 is 1.67 bits per heavy atom. The lowest BCUT2D eigenvalue weighted by Crippen LogP contribution is -2.24. The van der Waals surface area contributed by atoms with E-state index in [1.54, 1.807) is 55.5 Å². The minimum atomic E-state index is -3.90. The number of ether oxygens (including phenoxy) is 1. The number of amides is 2. The molecule has 3 aromatic carbocycles. The molecular formula is C24H25N3O5S. The van der Waals surface area contributed by atoms with Crippen molar-refractivity contribution in [3.63, 3.8) is 0 Å². The van der Waals surface area contributed by atoms with Crippen LogP contribution in [0.1, 0.15) is 28.4 Å². The summed E-state index contributed by atoms with van der Waals surface area (Å²) in [7, 11) is -2.38. The van der Waals surface area contributed by atoms with Crippen LogP contribution < -0.4 is 20.1 Å². The minimum Gasteiger partial charge on any atom is -0.497 e. The lowest BCUT2D eigenvalue weighted by Gasteiger charge is -2.12. The van der Waals surface area contributed by atoms with Crippen molar-refractivity contribution in [1.29, 1.82) is 0 Å². The Kier molecular flexibility index (Phi) is 7.34. The second kappa shape index (κ2) is 10.2. The van der Waals surface area contributed by atoms with Gasteiger partial charge < -0.3 is 15.4 Å². The number of sulfonamides is 1. The van der Waals surface area contributed by atoms with Crippen LogP contribution in [-0.2, 0) is 21.4 Å². The number of carbonyl (C=O) groups is 2. The van der Waals surface area contributed by atoms with Crippen molar-refractivity contribution in [2.45, 2.75) is 25.3 Å². The van der Waals surface area contributed by atoms with Crippen LogP contribution in [0.15, 0.2) is 71.6 Å². The van der Waals surface area contributed by atoms with Gasteiger partial charge in [-0.2, -0.15) is 0 Å². The topological polar surface area (TPSA) is 114 Å². The molecule has 0 heterocycles. The number of hydrogen-bond acceptors (Lipinski definition) is 5. The highest BCUT2D eigenvalue weighted by atomic mass is 32.2. The summed E-state index contributed by atoms with van der Waals surface area (Å²) in [4.78, 5) is 24.0. The zero-order valence-electron chi connectivity index (χ0n) is 18.5. The van der Waals surface area contributed by atoms with Crippen LogP contribution in [0.4, 0.5) is 11.4 Å². The van der Waals surface area contributed by atoms with E-state index in [1.807, 2.05) is 6.07 Å². The summed E-state index contributed by atoms with van der Waals surface area (Å²) in [5.74, 6) is 0.0156. The molecule has 0 fully saturated rings. The van der Waals surface area contributed by atoms with Crippen LogP contribution in [0.25, 0.3) is 0 Å². The third kappa shape index (κ3) is 6.33. The number of aryl methyl sites for hydroxylation is 1. The molecule has 3 aromatic rings. The average molecular weight is 468 g/mol. The number of nitrogens with one attached hydrogen (secondary N) is 3. The fraction of sp³-hybridized carbons (Fsp3) is 0.167. The highest BCUT2D eigenvalue weighted by molar-refractivity contribution is 7.92. The molecule has 8 nitrogen and oxygen atoms in total. The molecule has 0 atom stereocenters. The molecule has 33 heavy (non-hydrogen) atoms. The molecule has 0 bridgehead atoms. The summed E-state index contributed by atoms with van der Waals surface area (Å²) in [6.45, 7) is 3.37. The molecular weight excluding hydrogens is 442 g/mol. The first-order valence-corrected chi connectivity index (χ1v) is 11.6. The molecule has 0 radical (unpaired) electrons. The van der Waals surface area contributed by atoms with E-state index < -0.39 is 15.9 Å². The Hall–Kier alpha value is -3.85. The second-order valence-corrected chi connectivity index (χ2v) is 9.06. The lowest BCUT2D eigenvalue weighted by molar-refractivity contribution is -0.114. The predicted molar refractivity (Wildman–Crippen MR) is 127 cm³/mol. The highest BCUT2D eigenvalue weighted by Gasteiger charge is 2.18. The first kappa shape index (κ1) is 23.8. The Balaban J connectivity index is 1.74. The molecule has 2 amide bonds. The van der Waals surface area contributed by atoms with E-state index in [4.69, 9.17) is 4.74 Å². The third-order valence-corrected chi connectivity index (χ3v) is 6.19. The van der Waals surface area contributed by atoms with Gasteiger partial charge in [-0.05, 0) is 66.6 Å². The van der Waals surface area contributed by atoms with E-state index in [-0.39, 0.29) is 22.9 Å². The van der Waals surface area contributed by atoms with Crippen molar-refractivity contribution in [1.82, 2.24) is 5.32 Å². The molecule has 0 aliphatic rings. The van der Waals surface area contributed by atoms with Gasteiger partial charge in [-0.25, -0.2) is 8.42 Å². The van der Waals surface area contributed by atoms with E-state index in [9.17, 15) is 18.0 Å². The van der Waals surface area contributed by atoms with Gasteiger partial charge in [0.25, 0.3) is 15.9 Å². The van der Waals surface area contributed by atoms with Gasteiger partial charge in [-0.15, -0.1) is 0 Å². The average Bonchev–Trinajstić information content (AvgIpc) is 2.77. The van der Waals surface area contributed by atoms with Gasteiger partial charge in [-0.1, -0.05) is 18.2 Å². The van der Waals surface area contributed by atoms with Crippen molar-refractivity contribution >= 4 is 33.2 Å². The van der Waals surface area contributed by atoms with E-state index in [0.717, 1.165) is 5.56 Å². The van der Waals surface area contributed by atoms with Gasteiger partial charge in [-0.3, -0.25) is 14.3 Å². The van der Waals surface area contributed by atoms with Crippen LogP contribution in [0.2, 0.25) is 0 Å². The first-order chi connectivity index (χ1) is 15.7. The Labute approximate surface area is 193 Å². The van der Waals surface area contributed by atoms with Crippen LogP contribution in [0.5, 0.6) is 5.75 Å². The highest BCUT2D eigenvalue weighted by Crippen LogP contribution is 2.21. The van der Waals surface area contributed by atoms with Gasteiger partial charge in [0.05, 0.1) is 12.0 Å². The maximum absolute atomic E-state index is 12.8. The monoisotopic (exact) mass is 467 g/mol. The fourth-order valence-corrected chi connectivity index (χ4v) is 4.21. The van der Waals surface area contributed by atoms with Gasteiger partial charge in [0.15, 0.2) is 0 Å². The van der Waals surface area contributed by atoms with Crippen molar-refractivity contribution < 1.29 is 22.7 Å². The van der Waals surface area contributed by atoms with Crippen molar-refractivity contribution in [2.24, 2.45) is 0 Å². The maximum Gasteiger partial charge on any atom is 0.261 e. The smallest absolute Gasteiger partial charge is 0.261 e. The summed E-state index contributed by atoms with van der Waals surface area (Å²) in [5, 5.41) is 5.49. The number of hydrogen-bond donors (Lipinski definition) is 3. The lowest BCUT2D eigenvalue weighted by atomic mass is 10.1. The minimum absolute atomic E-state index is 0.0262. The Morgan fingerprint density at radius 1 is 0.939 bits per heavy atom.